The summed E-state index contributed by atoms with van der Waals surface area (Å²) < 4.78 is 49.8. The first-order valence-electron chi connectivity index (χ1n) is 7.56. The normalized spacial score (nSPS) is 30.4. The van der Waals surface area contributed by atoms with Crippen LogP contribution in [0.4, 0.5) is 0 Å². The van der Waals surface area contributed by atoms with Crippen LogP contribution < -0.4 is 25.9 Å². The van der Waals surface area contributed by atoms with E-state index in [1.54, 1.807) is 0 Å². The lowest BCUT2D eigenvalue weighted by atomic mass is 10.0. The van der Waals surface area contributed by atoms with Crippen molar-refractivity contribution >= 4 is 23.5 Å². The number of aryl methyl sites for hydroxylation is 1. The van der Waals surface area contributed by atoms with Crippen molar-refractivity contribution in [3.05, 3.63) is 32.6 Å². The van der Waals surface area contributed by atoms with Gasteiger partial charge in [0.1, 0.15) is 24.4 Å². The summed E-state index contributed by atoms with van der Waals surface area (Å²) in [5.74, 6) is 0. The Labute approximate surface area is 165 Å². The van der Waals surface area contributed by atoms with Crippen LogP contribution in [0.3, 0.4) is 0 Å². The number of aromatic amines is 1. The summed E-state index contributed by atoms with van der Waals surface area (Å²) in [6.07, 6.45) is -5.76. The Hall–Kier alpha value is -1.03. The molecule has 0 amide bonds. The molecule has 1 aromatic heterocycles. The van der Waals surface area contributed by atoms with Gasteiger partial charge in [0.05, 0.1) is 12.2 Å². The maximum absolute atomic E-state index is 11.9. The molecule has 1 aliphatic heterocycles. The average Bonchev–Trinajstić information content (AvgIpc) is 2.81. The number of nitrogens with one attached hydrogen (secondary N) is 1. The third-order valence-electron chi connectivity index (χ3n) is 3.60. The van der Waals surface area contributed by atoms with Gasteiger partial charge in [-0.25, -0.2) is 13.4 Å². The number of aliphatic hydroxyl groups is 2. The fourth-order valence-electron chi connectivity index (χ4n) is 2.38. The number of nitrogens with zero attached hydrogens (tertiary/aromatic N) is 1. The number of phosphoric acid groups is 3. The Kier molecular flexibility index (Phi) is 7.44. The fourth-order valence-corrected chi connectivity index (χ4v) is 5.28. The lowest BCUT2D eigenvalue weighted by Crippen LogP contribution is -2.35. The molecule has 0 aliphatic carbocycles. The maximum Gasteiger partial charge on any atom is 0.328 e. The topological polar surface area (TPSA) is 273 Å². The molecule has 20 heteroatoms. The molecule has 1 aliphatic rings. The molecule has 4 N–H and O–H groups in total. The van der Waals surface area contributed by atoms with Crippen LogP contribution in [0.25, 0.3) is 0 Å². The van der Waals surface area contributed by atoms with Gasteiger partial charge in [-0.15, -0.1) is 0 Å². The Morgan fingerprint density at radius 3 is 2.30 bits per heavy atom. The molecule has 7 atom stereocenters. The monoisotopic (exact) mass is 495 g/mol. The smallest absolute Gasteiger partial charge is 0.328 e. The van der Waals surface area contributed by atoms with E-state index in [1.807, 2.05) is 4.98 Å². The predicted molar refractivity (Wildman–Crippen MR) is 85.1 cm³/mol. The van der Waals surface area contributed by atoms with Crippen molar-refractivity contribution in [2.75, 3.05) is 6.61 Å². The van der Waals surface area contributed by atoms with Crippen LogP contribution in [0.5, 0.6) is 0 Å². The van der Waals surface area contributed by atoms with Crippen LogP contribution in [-0.4, -0.2) is 49.6 Å². The van der Waals surface area contributed by atoms with Gasteiger partial charge in [0.25, 0.3) is 29.0 Å². The second-order valence-electron chi connectivity index (χ2n) is 5.85. The first-order chi connectivity index (χ1) is 13.5. The SMILES string of the molecule is Cn1cc(C2OC(COP(=O)([O-])OP(=O)([O-])OP(=O)([O-])O)C(O)C2O)c(=O)[nH]c1=O. The standard InChI is InChI=1S/C10H17N2O15P3/c1-12-2-4(9(15)11-10(12)16)8-7(14)6(13)5(25-8)3-24-29(20,21)27-30(22,23)26-28(17,18)19/h2,5-8,13-14H,3H2,1H3,(H,20,21)(H,22,23)(H,11,15,16)(H2,17,18,19)/p-3. The highest BCUT2D eigenvalue weighted by atomic mass is 31.3. The van der Waals surface area contributed by atoms with Crippen molar-refractivity contribution in [3.63, 3.8) is 0 Å². The summed E-state index contributed by atoms with van der Waals surface area (Å²) in [7, 11) is -16.6. The van der Waals surface area contributed by atoms with Crippen molar-refractivity contribution in [1.82, 2.24) is 9.55 Å². The van der Waals surface area contributed by atoms with Gasteiger partial charge in [0, 0.05) is 13.2 Å². The quantitative estimate of drug-likeness (QED) is 0.248. The van der Waals surface area contributed by atoms with Crippen molar-refractivity contribution in [2.45, 2.75) is 24.4 Å². The number of rotatable bonds is 8. The number of aliphatic hydroxyl groups excluding tert-OH is 2. The van der Waals surface area contributed by atoms with Crippen LogP contribution in [0.1, 0.15) is 11.7 Å². The molecule has 0 aromatic carbocycles. The lowest BCUT2D eigenvalue weighted by molar-refractivity contribution is -0.250. The molecule has 2 rings (SSSR count). The number of ether oxygens (including phenoxy) is 1. The molecule has 7 unspecified atom stereocenters. The summed E-state index contributed by atoms with van der Waals surface area (Å²) in [5, 5.41) is 20.0. The van der Waals surface area contributed by atoms with Crippen molar-refractivity contribution < 1.29 is 61.4 Å². The largest absolute Gasteiger partial charge is 0.756 e. The van der Waals surface area contributed by atoms with E-state index in [4.69, 9.17) is 9.63 Å². The van der Waals surface area contributed by atoms with Gasteiger partial charge < -0.3 is 43.6 Å². The second kappa shape index (κ2) is 8.84. The van der Waals surface area contributed by atoms with Gasteiger partial charge in [-0.1, -0.05) is 0 Å². The minimum absolute atomic E-state index is 0.292. The lowest BCUT2D eigenvalue weighted by Gasteiger charge is -2.33. The molecule has 0 spiro atoms. The molecule has 30 heavy (non-hydrogen) atoms. The molecule has 1 saturated heterocycles. The van der Waals surface area contributed by atoms with Gasteiger partial charge in [-0.3, -0.25) is 23.5 Å². The van der Waals surface area contributed by atoms with E-state index in [-0.39, 0.29) is 5.56 Å². The Balaban J connectivity index is 2.09. The highest BCUT2D eigenvalue weighted by Crippen LogP contribution is 2.61. The molecule has 1 aromatic rings. The van der Waals surface area contributed by atoms with E-state index >= 15 is 0 Å². The first kappa shape index (κ1) is 25.2. The zero-order valence-corrected chi connectivity index (χ0v) is 17.3. The Morgan fingerprint density at radius 2 is 1.73 bits per heavy atom. The van der Waals surface area contributed by atoms with Gasteiger partial charge in [-0.2, -0.15) is 0 Å². The Bertz CT molecular complexity index is 1040. The summed E-state index contributed by atoms with van der Waals surface area (Å²) in [5.41, 5.74) is -2.03. The van der Waals surface area contributed by atoms with Gasteiger partial charge in [0.2, 0.25) is 0 Å². The molecule has 1 fully saturated rings. The van der Waals surface area contributed by atoms with Crippen molar-refractivity contribution in [3.8, 4) is 0 Å². The van der Waals surface area contributed by atoms with Crippen LogP contribution in [-0.2, 0) is 38.6 Å². The van der Waals surface area contributed by atoms with Gasteiger partial charge in [-0.05, 0) is 0 Å². The number of phosphoric ester groups is 1. The fraction of sp³-hybridized carbons (Fsp3) is 0.600. The van der Waals surface area contributed by atoms with Crippen LogP contribution >= 0.6 is 23.5 Å². The van der Waals surface area contributed by atoms with Crippen LogP contribution in [0.2, 0.25) is 0 Å². The van der Waals surface area contributed by atoms with E-state index in [1.165, 1.54) is 7.05 Å². The highest BCUT2D eigenvalue weighted by molar-refractivity contribution is 7.65. The first-order valence-corrected chi connectivity index (χ1v) is 12.0. The molecule has 17 nitrogen and oxygen atoms in total. The van der Waals surface area contributed by atoms with E-state index in [2.05, 4.69) is 13.1 Å². The summed E-state index contributed by atoms with van der Waals surface area (Å²) in [6.45, 7) is -1.15. The van der Waals surface area contributed by atoms with Crippen LogP contribution in [0.15, 0.2) is 15.8 Å². The third kappa shape index (κ3) is 6.48. The second-order valence-corrected chi connectivity index (χ2v) is 10.1. The summed E-state index contributed by atoms with van der Waals surface area (Å²) in [4.78, 5) is 66.5. The molecular formula is C10H14N2O15P3-3. The predicted octanol–water partition coefficient (Wildman–Crippen LogP) is -4.32. The maximum atomic E-state index is 11.9. The summed E-state index contributed by atoms with van der Waals surface area (Å²) >= 11 is 0. The van der Waals surface area contributed by atoms with E-state index in [0.717, 1.165) is 10.8 Å². The Morgan fingerprint density at radius 1 is 1.13 bits per heavy atom. The molecule has 0 bridgehead atoms. The molecule has 0 radical (unpaired) electrons. The van der Waals surface area contributed by atoms with Crippen LogP contribution in [0, 0.1) is 0 Å². The zero-order valence-electron chi connectivity index (χ0n) is 14.6. The van der Waals surface area contributed by atoms with Gasteiger partial charge >= 0.3 is 5.69 Å². The molecule has 0 saturated carbocycles. The molecule has 2 heterocycles. The van der Waals surface area contributed by atoms with Gasteiger partial charge in [0.15, 0.2) is 0 Å². The van der Waals surface area contributed by atoms with E-state index in [0.29, 0.717) is 0 Å². The number of hydrogen-bond donors (Lipinski definition) is 4. The van der Waals surface area contributed by atoms with Crippen molar-refractivity contribution in [1.29, 1.82) is 0 Å². The third-order valence-corrected chi connectivity index (χ3v) is 7.30. The zero-order chi connectivity index (χ0) is 23.1. The van der Waals surface area contributed by atoms with E-state index < -0.39 is 65.7 Å². The van der Waals surface area contributed by atoms with E-state index in [9.17, 15) is 48.2 Å². The average molecular weight is 495 g/mol. The number of H-pyrrole nitrogens is 1. The molecule has 172 valence electrons. The minimum atomic E-state index is -6.11. The number of aromatic nitrogens is 2. The summed E-state index contributed by atoms with van der Waals surface area (Å²) in [6, 6.07) is 0. The highest BCUT2D eigenvalue weighted by Gasteiger charge is 2.45. The minimum Gasteiger partial charge on any atom is -0.756 e. The van der Waals surface area contributed by atoms with Crippen molar-refractivity contribution in [2.24, 2.45) is 7.05 Å². The molecular weight excluding hydrogens is 481 g/mol. The number of hydrogen-bond acceptors (Lipinski definition) is 14.